The largest absolute Gasteiger partial charge is 0.495 e. The van der Waals surface area contributed by atoms with Crippen LogP contribution in [0, 0.1) is 5.82 Å². The van der Waals surface area contributed by atoms with E-state index in [4.69, 9.17) is 16.3 Å². The number of hydrogen-bond donors (Lipinski definition) is 1. The summed E-state index contributed by atoms with van der Waals surface area (Å²) in [6, 6.07) is 10.7. The molecule has 0 saturated carbocycles. The first-order valence-corrected chi connectivity index (χ1v) is 7.24. The Bertz CT molecular complexity index is 628. The molecule has 0 aliphatic heterocycles. The first-order valence-electron chi connectivity index (χ1n) is 6.87. The molecular weight excluding hydrogens is 289 g/mol. The second-order valence-electron chi connectivity index (χ2n) is 5.19. The molecule has 0 aromatic heterocycles. The van der Waals surface area contributed by atoms with Crippen LogP contribution in [0.15, 0.2) is 36.4 Å². The molecule has 2 rings (SSSR count). The van der Waals surface area contributed by atoms with Gasteiger partial charge in [0.05, 0.1) is 12.1 Å². The van der Waals surface area contributed by atoms with Gasteiger partial charge in [0.2, 0.25) is 0 Å². The quantitative estimate of drug-likeness (QED) is 0.868. The SMILES string of the molecule is COc1ccc(-c2cc(F)ccc2CNC(C)C)cc1Cl. The summed E-state index contributed by atoms with van der Waals surface area (Å²) in [5.41, 5.74) is 2.75. The summed E-state index contributed by atoms with van der Waals surface area (Å²) in [7, 11) is 1.57. The summed E-state index contributed by atoms with van der Waals surface area (Å²) >= 11 is 6.16. The molecule has 0 heterocycles. The Morgan fingerprint density at radius 1 is 1.19 bits per heavy atom. The Hall–Kier alpha value is -1.58. The van der Waals surface area contributed by atoms with E-state index in [0.29, 0.717) is 23.4 Å². The maximum atomic E-state index is 13.6. The number of methoxy groups -OCH3 is 1. The van der Waals surface area contributed by atoms with E-state index in [9.17, 15) is 4.39 Å². The van der Waals surface area contributed by atoms with E-state index in [1.807, 2.05) is 6.07 Å². The second kappa shape index (κ2) is 6.92. The maximum absolute atomic E-state index is 13.6. The van der Waals surface area contributed by atoms with Crippen LogP contribution in [0.1, 0.15) is 19.4 Å². The average molecular weight is 308 g/mol. The highest BCUT2D eigenvalue weighted by atomic mass is 35.5. The third-order valence-electron chi connectivity index (χ3n) is 3.24. The van der Waals surface area contributed by atoms with Crippen LogP contribution in [0.4, 0.5) is 4.39 Å². The molecule has 0 spiro atoms. The van der Waals surface area contributed by atoms with E-state index in [-0.39, 0.29) is 5.82 Å². The lowest BCUT2D eigenvalue weighted by atomic mass is 9.99. The van der Waals surface area contributed by atoms with Gasteiger partial charge in [0, 0.05) is 12.6 Å². The number of benzene rings is 2. The van der Waals surface area contributed by atoms with Crippen LogP contribution in [0.5, 0.6) is 5.75 Å². The first-order chi connectivity index (χ1) is 10.0. The molecule has 0 aliphatic carbocycles. The normalized spacial score (nSPS) is 11.0. The van der Waals surface area contributed by atoms with Crippen molar-refractivity contribution in [3.63, 3.8) is 0 Å². The molecule has 2 aromatic carbocycles. The zero-order chi connectivity index (χ0) is 15.4. The highest BCUT2D eigenvalue weighted by Gasteiger charge is 2.10. The van der Waals surface area contributed by atoms with Gasteiger partial charge in [-0.15, -0.1) is 0 Å². The van der Waals surface area contributed by atoms with Crippen molar-refractivity contribution in [3.8, 4) is 16.9 Å². The van der Waals surface area contributed by atoms with Crippen LogP contribution >= 0.6 is 11.6 Å². The Morgan fingerprint density at radius 3 is 2.57 bits per heavy atom. The predicted molar refractivity (Wildman–Crippen MR) is 85.4 cm³/mol. The van der Waals surface area contributed by atoms with Crippen molar-refractivity contribution in [2.45, 2.75) is 26.4 Å². The molecule has 112 valence electrons. The van der Waals surface area contributed by atoms with Gasteiger partial charge in [-0.1, -0.05) is 37.6 Å². The molecule has 2 aromatic rings. The van der Waals surface area contributed by atoms with Crippen LogP contribution in [-0.2, 0) is 6.54 Å². The number of hydrogen-bond acceptors (Lipinski definition) is 2. The van der Waals surface area contributed by atoms with Crippen molar-refractivity contribution in [3.05, 3.63) is 52.8 Å². The van der Waals surface area contributed by atoms with E-state index in [2.05, 4.69) is 19.2 Å². The lowest BCUT2D eigenvalue weighted by Crippen LogP contribution is -2.22. The van der Waals surface area contributed by atoms with Crippen molar-refractivity contribution in [1.29, 1.82) is 0 Å². The molecule has 0 unspecified atom stereocenters. The number of nitrogens with one attached hydrogen (secondary N) is 1. The van der Waals surface area contributed by atoms with Crippen LogP contribution < -0.4 is 10.1 Å². The fourth-order valence-corrected chi connectivity index (χ4v) is 2.38. The van der Waals surface area contributed by atoms with Gasteiger partial charge in [-0.05, 0) is 41.0 Å². The zero-order valence-electron chi connectivity index (χ0n) is 12.4. The molecule has 2 nitrogen and oxygen atoms in total. The van der Waals surface area contributed by atoms with E-state index >= 15 is 0 Å². The molecule has 0 fully saturated rings. The van der Waals surface area contributed by atoms with Gasteiger partial charge < -0.3 is 10.1 Å². The Labute approximate surface area is 129 Å². The third-order valence-corrected chi connectivity index (χ3v) is 3.53. The van der Waals surface area contributed by atoms with Gasteiger partial charge in [0.25, 0.3) is 0 Å². The van der Waals surface area contributed by atoms with Crippen molar-refractivity contribution in [1.82, 2.24) is 5.32 Å². The smallest absolute Gasteiger partial charge is 0.137 e. The van der Waals surface area contributed by atoms with E-state index in [1.54, 1.807) is 25.3 Å². The molecule has 0 amide bonds. The van der Waals surface area contributed by atoms with Crippen LogP contribution in [0.2, 0.25) is 5.02 Å². The number of ether oxygens (including phenoxy) is 1. The van der Waals surface area contributed by atoms with Gasteiger partial charge in [0.15, 0.2) is 0 Å². The maximum Gasteiger partial charge on any atom is 0.137 e. The summed E-state index contributed by atoms with van der Waals surface area (Å²) in [6.45, 7) is 4.83. The summed E-state index contributed by atoms with van der Waals surface area (Å²) in [5.74, 6) is 0.351. The minimum atomic E-state index is -0.259. The third kappa shape index (κ3) is 3.96. The average Bonchev–Trinajstić information content (AvgIpc) is 2.45. The summed E-state index contributed by atoms with van der Waals surface area (Å²) < 4.78 is 18.7. The van der Waals surface area contributed by atoms with Gasteiger partial charge in [0.1, 0.15) is 11.6 Å². The Morgan fingerprint density at radius 2 is 1.95 bits per heavy atom. The molecular formula is C17H19ClFNO. The highest BCUT2D eigenvalue weighted by Crippen LogP contribution is 2.32. The minimum Gasteiger partial charge on any atom is -0.495 e. The van der Waals surface area contributed by atoms with Crippen molar-refractivity contribution < 1.29 is 9.13 Å². The molecule has 4 heteroatoms. The monoisotopic (exact) mass is 307 g/mol. The highest BCUT2D eigenvalue weighted by molar-refractivity contribution is 6.32. The van der Waals surface area contributed by atoms with Gasteiger partial charge in [-0.2, -0.15) is 0 Å². The Kier molecular flexibility index (Phi) is 5.21. The number of halogens is 2. The molecule has 1 N–H and O–H groups in total. The lowest BCUT2D eigenvalue weighted by molar-refractivity contribution is 0.415. The first kappa shape index (κ1) is 15.8. The molecule has 21 heavy (non-hydrogen) atoms. The Balaban J connectivity index is 2.41. The molecule has 0 atom stereocenters. The van der Waals surface area contributed by atoms with Gasteiger partial charge in [-0.3, -0.25) is 0 Å². The van der Waals surface area contributed by atoms with E-state index in [1.165, 1.54) is 12.1 Å². The summed E-state index contributed by atoms with van der Waals surface area (Å²) in [4.78, 5) is 0. The second-order valence-corrected chi connectivity index (χ2v) is 5.59. The molecule has 0 radical (unpaired) electrons. The predicted octanol–water partition coefficient (Wildman–Crippen LogP) is 4.65. The van der Waals surface area contributed by atoms with Crippen molar-refractivity contribution in [2.75, 3.05) is 7.11 Å². The van der Waals surface area contributed by atoms with E-state index < -0.39 is 0 Å². The van der Waals surface area contributed by atoms with Gasteiger partial charge in [-0.25, -0.2) is 4.39 Å². The zero-order valence-corrected chi connectivity index (χ0v) is 13.2. The lowest BCUT2D eigenvalue weighted by Gasteiger charge is -2.14. The minimum absolute atomic E-state index is 0.259. The molecule has 0 aliphatic rings. The van der Waals surface area contributed by atoms with Crippen LogP contribution in [0.3, 0.4) is 0 Å². The van der Waals surface area contributed by atoms with Crippen molar-refractivity contribution >= 4 is 11.6 Å². The van der Waals surface area contributed by atoms with E-state index in [0.717, 1.165) is 16.7 Å². The topological polar surface area (TPSA) is 21.3 Å². The summed E-state index contributed by atoms with van der Waals surface area (Å²) in [5, 5.41) is 3.86. The van der Waals surface area contributed by atoms with Crippen LogP contribution in [-0.4, -0.2) is 13.2 Å². The molecule has 0 saturated heterocycles. The summed E-state index contributed by atoms with van der Waals surface area (Å²) in [6.07, 6.45) is 0. The number of rotatable bonds is 5. The van der Waals surface area contributed by atoms with Crippen LogP contribution in [0.25, 0.3) is 11.1 Å². The fraction of sp³-hybridized carbons (Fsp3) is 0.294. The fourth-order valence-electron chi connectivity index (χ4n) is 2.12. The van der Waals surface area contributed by atoms with Gasteiger partial charge >= 0.3 is 0 Å². The van der Waals surface area contributed by atoms with Crippen molar-refractivity contribution in [2.24, 2.45) is 0 Å². The standard InChI is InChI=1S/C17H19ClFNO/c1-11(2)20-10-13-4-6-14(19)9-15(13)12-5-7-17(21-3)16(18)8-12/h4-9,11,20H,10H2,1-3H3. The molecule has 0 bridgehead atoms.